The molecule has 152 valence electrons. The fraction of sp³-hybridized carbons (Fsp3) is 0.429. The summed E-state index contributed by atoms with van der Waals surface area (Å²) in [5, 5.41) is 4.31. The van der Waals surface area contributed by atoms with Crippen LogP contribution in [0.3, 0.4) is 0 Å². The topological polar surface area (TPSA) is 78.3 Å². The second-order valence-electron chi connectivity index (χ2n) is 7.16. The molecule has 0 amide bonds. The van der Waals surface area contributed by atoms with Gasteiger partial charge in [-0.2, -0.15) is 5.10 Å². The molecule has 2 aromatic rings. The second-order valence-corrected chi connectivity index (χ2v) is 9.14. The molecule has 6 nitrogen and oxygen atoms in total. The van der Waals surface area contributed by atoms with Crippen LogP contribution in [0.5, 0.6) is 5.88 Å². The van der Waals surface area contributed by atoms with Crippen LogP contribution in [0.4, 0.5) is 0 Å². The van der Waals surface area contributed by atoms with Gasteiger partial charge in [0.25, 0.3) is 0 Å². The normalized spacial score (nSPS) is 11.4. The van der Waals surface area contributed by atoms with Gasteiger partial charge < -0.3 is 4.74 Å². The van der Waals surface area contributed by atoms with Gasteiger partial charge in [0.15, 0.2) is 9.84 Å². The maximum absolute atomic E-state index is 13.4. The van der Waals surface area contributed by atoms with E-state index in [1.54, 1.807) is 31.6 Å². The van der Waals surface area contributed by atoms with Crippen LogP contribution >= 0.6 is 0 Å². The number of carbonyl (C=O) groups excluding carboxylic acids is 1. The lowest BCUT2D eigenvalue weighted by atomic mass is 9.91. The number of carbonyl (C=O) groups is 1. The van der Waals surface area contributed by atoms with E-state index in [1.165, 1.54) is 12.3 Å². The molecule has 7 heteroatoms. The maximum atomic E-state index is 13.4. The van der Waals surface area contributed by atoms with Gasteiger partial charge in [-0.1, -0.05) is 5.57 Å². The Balaban J connectivity index is 2.81. The first kappa shape index (κ1) is 21.9. The smallest absolute Gasteiger partial charge is 0.223 e. The zero-order chi connectivity index (χ0) is 21.4. The first-order valence-corrected chi connectivity index (χ1v) is 11.0. The molecule has 0 fully saturated rings. The van der Waals surface area contributed by atoms with Gasteiger partial charge in [0, 0.05) is 18.9 Å². The van der Waals surface area contributed by atoms with Crippen molar-refractivity contribution in [1.82, 2.24) is 9.78 Å². The van der Waals surface area contributed by atoms with Crippen molar-refractivity contribution in [2.75, 3.05) is 12.9 Å². The van der Waals surface area contributed by atoms with Gasteiger partial charge in [0.05, 0.1) is 17.2 Å². The summed E-state index contributed by atoms with van der Waals surface area (Å²) < 4.78 is 31.9. The van der Waals surface area contributed by atoms with Gasteiger partial charge in [-0.3, -0.25) is 4.79 Å². The van der Waals surface area contributed by atoms with Crippen LogP contribution < -0.4 is 4.74 Å². The number of ether oxygens (including phenoxy) is 1. The lowest BCUT2D eigenvalue weighted by Crippen LogP contribution is -2.12. The summed E-state index contributed by atoms with van der Waals surface area (Å²) in [6.07, 6.45) is 1.18. The molecule has 2 rings (SSSR count). The highest BCUT2D eigenvalue weighted by Crippen LogP contribution is 2.33. The summed E-state index contributed by atoms with van der Waals surface area (Å²) >= 11 is 0. The van der Waals surface area contributed by atoms with Crippen molar-refractivity contribution >= 4 is 21.2 Å². The number of nitrogens with zero attached hydrogens (tertiary/aromatic N) is 2. The SMILES string of the molecule is CCOc1c(C(=O)c2ccc(S(C)(=O)=O)c(C(C)=C(C)C)c2C)c(C)nn1C. The molecular formula is C21H28N2O4S. The van der Waals surface area contributed by atoms with Crippen LogP contribution in [0.25, 0.3) is 5.57 Å². The predicted octanol–water partition coefficient (Wildman–Crippen LogP) is 3.88. The molecule has 28 heavy (non-hydrogen) atoms. The van der Waals surface area contributed by atoms with E-state index in [0.29, 0.717) is 40.4 Å². The van der Waals surface area contributed by atoms with Crippen molar-refractivity contribution in [3.05, 3.63) is 45.7 Å². The Morgan fingerprint density at radius 1 is 1.14 bits per heavy atom. The van der Waals surface area contributed by atoms with Crippen LogP contribution in [0.1, 0.15) is 60.4 Å². The van der Waals surface area contributed by atoms with E-state index in [1.807, 2.05) is 27.7 Å². The monoisotopic (exact) mass is 404 g/mol. The minimum absolute atomic E-state index is 0.227. The third-order valence-electron chi connectivity index (χ3n) is 4.87. The van der Waals surface area contributed by atoms with Crippen molar-refractivity contribution < 1.29 is 17.9 Å². The maximum Gasteiger partial charge on any atom is 0.223 e. The summed E-state index contributed by atoms with van der Waals surface area (Å²) in [6, 6.07) is 3.10. The molecule has 0 aliphatic rings. The lowest BCUT2D eigenvalue weighted by Gasteiger charge is -2.17. The molecule has 0 bridgehead atoms. The minimum atomic E-state index is -3.45. The first-order chi connectivity index (χ1) is 12.9. The molecule has 0 saturated heterocycles. The quantitative estimate of drug-likeness (QED) is 0.683. The van der Waals surface area contributed by atoms with Crippen LogP contribution in [0.2, 0.25) is 0 Å². The zero-order valence-corrected chi connectivity index (χ0v) is 18.6. The molecule has 1 heterocycles. The summed E-state index contributed by atoms with van der Waals surface area (Å²) in [6.45, 7) is 11.5. The van der Waals surface area contributed by atoms with Crippen molar-refractivity contribution in [1.29, 1.82) is 0 Å². The molecule has 0 radical (unpaired) electrons. The molecule has 0 unspecified atom stereocenters. The number of aryl methyl sites for hydroxylation is 2. The summed E-state index contributed by atoms with van der Waals surface area (Å²) in [4.78, 5) is 13.6. The standard InChI is InChI=1S/C21H28N2O4S/c1-9-27-21-19(15(6)22-23(21)7)20(24)16-10-11-17(28(8,25)26)18(14(16)5)13(4)12(2)3/h10-11H,9H2,1-8H3. The van der Waals surface area contributed by atoms with Crippen LogP contribution in [0.15, 0.2) is 22.6 Å². The number of benzene rings is 1. The summed E-state index contributed by atoms with van der Waals surface area (Å²) in [5.74, 6) is 0.187. The molecule has 0 atom stereocenters. The number of hydrogen-bond donors (Lipinski definition) is 0. The second kappa shape index (κ2) is 7.91. The van der Waals surface area contributed by atoms with E-state index < -0.39 is 9.84 Å². The number of hydrogen-bond acceptors (Lipinski definition) is 5. The molecule has 1 aromatic carbocycles. The molecule has 0 saturated carbocycles. The number of sulfone groups is 1. The van der Waals surface area contributed by atoms with E-state index in [0.717, 1.165) is 11.1 Å². The minimum Gasteiger partial charge on any atom is -0.478 e. The van der Waals surface area contributed by atoms with E-state index in [2.05, 4.69) is 5.10 Å². The van der Waals surface area contributed by atoms with Crippen molar-refractivity contribution in [2.24, 2.45) is 7.05 Å². The fourth-order valence-electron chi connectivity index (χ4n) is 3.29. The third-order valence-corrected chi connectivity index (χ3v) is 6.01. The average molecular weight is 405 g/mol. The van der Waals surface area contributed by atoms with Crippen molar-refractivity contribution in [3.8, 4) is 5.88 Å². The van der Waals surface area contributed by atoms with Crippen LogP contribution in [0, 0.1) is 13.8 Å². The van der Waals surface area contributed by atoms with Gasteiger partial charge in [-0.05, 0) is 70.4 Å². The Kier molecular flexibility index (Phi) is 6.18. The highest BCUT2D eigenvalue weighted by Gasteiger charge is 2.27. The number of allylic oxidation sites excluding steroid dienone is 2. The van der Waals surface area contributed by atoms with E-state index in [9.17, 15) is 13.2 Å². The van der Waals surface area contributed by atoms with E-state index in [-0.39, 0.29) is 10.7 Å². The van der Waals surface area contributed by atoms with E-state index in [4.69, 9.17) is 4.74 Å². The average Bonchev–Trinajstić information content (AvgIpc) is 2.86. The number of rotatable bonds is 6. The number of ketones is 1. The Hall–Kier alpha value is -2.41. The van der Waals surface area contributed by atoms with Gasteiger partial charge in [0.1, 0.15) is 5.56 Å². The highest BCUT2D eigenvalue weighted by atomic mass is 32.2. The Morgan fingerprint density at radius 3 is 2.25 bits per heavy atom. The summed E-state index contributed by atoms with van der Waals surface area (Å²) in [7, 11) is -1.72. The third kappa shape index (κ3) is 3.90. The Bertz CT molecular complexity index is 1070. The molecule has 0 N–H and O–H groups in total. The molecule has 0 aliphatic carbocycles. The zero-order valence-electron chi connectivity index (χ0n) is 17.8. The molecule has 0 aliphatic heterocycles. The van der Waals surface area contributed by atoms with Gasteiger partial charge in [-0.15, -0.1) is 0 Å². The molecular weight excluding hydrogens is 376 g/mol. The molecule has 1 aromatic heterocycles. The van der Waals surface area contributed by atoms with Gasteiger partial charge in [-0.25, -0.2) is 13.1 Å². The lowest BCUT2D eigenvalue weighted by molar-refractivity contribution is 0.103. The predicted molar refractivity (Wildman–Crippen MR) is 111 cm³/mol. The van der Waals surface area contributed by atoms with Crippen LogP contribution in [-0.4, -0.2) is 36.8 Å². The van der Waals surface area contributed by atoms with Gasteiger partial charge in [0.2, 0.25) is 11.7 Å². The number of aromatic nitrogens is 2. The molecule has 0 spiro atoms. The fourth-order valence-corrected chi connectivity index (χ4v) is 4.29. The van der Waals surface area contributed by atoms with Gasteiger partial charge >= 0.3 is 0 Å². The largest absolute Gasteiger partial charge is 0.478 e. The first-order valence-electron chi connectivity index (χ1n) is 9.10. The van der Waals surface area contributed by atoms with Crippen molar-refractivity contribution in [2.45, 2.75) is 46.4 Å². The Morgan fingerprint density at radius 2 is 1.75 bits per heavy atom. The Labute approximate surface area is 167 Å². The van der Waals surface area contributed by atoms with Crippen LogP contribution in [-0.2, 0) is 16.9 Å². The van der Waals surface area contributed by atoms with Crippen molar-refractivity contribution in [3.63, 3.8) is 0 Å². The van der Waals surface area contributed by atoms with E-state index >= 15 is 0 Å². The summed E-state index contributed by atoms with van der Waals surface area (Å²) in [5.41, 5.74) is 4.49. The highest BCUT2D eigenvalue weighted by molar-refractivity contribution is 7.90.